The van der Waals surface area contributed by atoms with E-state index in [1.54, 1.807) is 39.3 Å². The topological polar surface area (TPSA) is 42.4 Å². The Labute approximate surface area is 83.7 Å². The van der Waals surface area contributed by atoms with E-state index in [2.05, 4.69) is 16.8 Å². The molecule has 0 spiro atoms. The standard InChI is InChI=1S/C11H13NO2/c1-11(2,13)7-6-9-10(14-3)5-4-8-12-9/h4-5,8,13H,1-3H3. The lowest BCUT2D eigenvalue weighted by Crippen LogP contribution is -2.14. The van der Waals surface area contributed by atoms with Crippen LogP contribution in [0.25, 0.3) is 0 Å². The molecule has 1 rings (SSSR count). The van der Waals surface area contributed by atoms with Gasteiger partial charge in [-0.25, -0.2) is 4.98 Å². The van der Waals surface area contributed by atoms with Gasteiger partial charge in [0.05, 0.1) is 7.11 Å². The van der Waals surface area contributed by atoms with E-state index < -0.39 is 5.60 Å². The Balaban J connectivity index is 3.00. The van der Waals surface area contributed by atoms with Crippen LogP contribution in [0.2, 0.25) is 0 Å². The van der Waals surface area contributed by atoms with E-state index in [1.807, 2.05) is 0 Å². The van der Waals surface area contributed by atoms with E-state index in [4.69, 9.17) is 4.74 Å². The molecule has 3 heteroatoms. The molecule has 0 atom stereocenters. The first-order chi connectivity index (χ1) is 6.53. The second kappa shape index (κ2) is 4.12. The molecule has 1 aromatic heterocycles. The number of aromatic nitrogens is 1. The molecule has 0 fully saturated rings. The van der Waals surface area contributed by atoms with Crippen LogP contribution in [-0.4, -0.2) is 22.8 Å². The highest BCUT2D eigenvalue weighted by Crippen LogP contribution is 2.13. The quantitative estimate of drug-likeness (QED) is 0.678. The molecule has 0 aliphatic heterocycles. The lowest BCUT2D eigenvalue weighted by molar-refractivity contribution is 0.143. The van der Waals surface area contributed by atoms with Crippen molar-refractivity contribution >= 4 is 0 Å². The van der Waals surface area contributed by atoms with Crippen LogP contribution in [0.1, 0.15) is 19.5 Å². The maximum Gasteiger partial charge on any atom is 0.155 e. The maximum absolute atomic E-state index is 9.40. The van der Waals surface area contributed by atoms with Crippen molar-refractivity contribution in [3.63, 3.8) is 0 Å². The molecule has 0 aliphatic carbocycles. The fourth-order valence-electron chi connectivity index (χ4n) is 0.861. The fraction of sp³-hybridized carbons (Fsp3) is 0.364. The Hall–Kier alpha value is -1.53. The van der Waals surface area contributed by atoms with Crippen molar-refractivity contribution in [3.8, 4) is 17.6 Å². The third-order valence-electron chi connectivity index (χ3n) is 1.48. The summed E-state index contributed by atoms with van der Waals surface area (Å²) in [6.07, 6.45) is 1.64. The summed E-state index contributed by atoms with van der Waals surface area (Å²) in [5.74, 6) is 6.06. The summed E-state index contributed by atoms with van der Waals surface area (Å²) in [4.78, 5) is 4.04. The van der Waals surface area contributed by atoms with Crippen LogP contribution < -0.4 is 4.74 Å². The van der Waals surface area contributed by atoms with Crippen molar-refractivity contribution < 1.29 is 9.84 Å². The first kappa shape index (κ1) is 10.6. The minimum Gasteiger partial charge on any atom is -0.494 e. The molecular formula is C11H13NO2. The molecule has 0 radical (unpaired) electrons. The summed E-state index contributed by atoms with van der Waals surface area (Å²) in [5, 5.41) is 9.40. The molecule has 1 N–H and O–H groups in total. The monoisotopic (exact) mass is 191 g/mol. The van der Waals surface area contributed by atoms with E-state index in [0.717, 1.165) is 0 Å². The van der Waals surface area contributed by atoms with Gasteiger partial charge in [0, 0.05) is 6.20 Å². The summed E-state index contributed by atoms with van der Waals surface area (Å²) in [6.45, 7) is 3.24. The van der Waals surface area contributed by atoms with Gasteiger partial charge in [0.15, 0.2) is 11.4 Å². The predicted octanol–water partition coefficient (Wildman–Crippen LogP) is 1.21. The number of methoxy groups -OCH3 is 1. The average Bonchev–Trinajstić information content (AvgIpc) is 2.14. The van der Waals surface area contributed by atoms with Gasteiger partial charge < -0.3 is 9.84 Å². The Morgan fingerprint density at radius 2 is 2.21 bits per heavy atom. The molecule has 3 nitrogen and oxygen atoms in total. The van der Waals surface area contributed by atoms with Crippen LogP contribution in [0, 0.1) is 11.8 Å². The minimum atomic E-state index is -1.01. The minimum absolute atomic E-state index is 0.539. The Morgan fingerprint density at radius 1 is 1.50 bits per heavy atom. The normalized spacial score (nSPS) is 10.3. The van der Waals surface area contributed by atoms with E-state index in [1.165, 1.54) is 0 Å². The zero-order chi connectivity index (χ0) is 10.6. The first-order valence-corrected chi connectivity index (χ1v) is 4.27. The number of hydrogen-bond acceptors (Lipinski definition) is 3. The van der Waals surface area contributed by atoms with Crippen molar-refractivity contribution in [1.29, 1.82) is 0 Å². The Kier molecular flexibility index (Phi) is 3.10. The molecule has 74 valence electrons. The molecule has 1 heterocycles. The summed E-state index contributed by atoms with van der Waals surface area (Å²) in [7, 11) is 1.56. The second-order valence-electron chi connectivity index (χ2n) is 3.36. The van der Waals surface area contributed by atoms with Gasteiger partial charge in [-0.2, -0.15) is 0 Å². The molecular weight excluding hydrogens is 178 g/mol. The number of ether oxygens (including phenoxy) is 1. The van der Waals surface area contributed by atoms with E-state index in [9.17, 15) is 5.11 Å². The van der Waals surface area contributed by atoms with Crippen LogP contribution >= 0.6 is 0 Å². The summed E-state index contributed by atoms with van der Waals surface area (Å²) < 4.78 is 5.06. The van der Waals surface area contributed by atoms with Crippen LogP contribution in [0.5, 0.6) is 5.75 Å². The highest BCUT2D eigenvalue weighted by molar-refractivity contribution is 5.41. The number of hydrogen-bond donors (Lipinski definition) is 1. The predicted molar refractivity (Wildman–Crippen MR) is 54.0 cm³/mol. The van der Waals surface area contributed by atoms with E-state index in [0.29, 0.717) is 11.4 Å². The third kappa shape index (κ3) is 3.08. The van der Waals surface area contributed by atoms with Gasteiger partial charge in [-0.1, -0.05) is 5.92 Å². The molecule has 0 saturated heterocycles. The fourth-order valence-corrected chi connectivity index (χ4v) is 0.861. The van der Waals surface area contributed by atoms with Crippen molar-refractivity contribution in [3.05, 3.63) is 24.0 Å². The number of nitrogens with zero attached hydrogens (tertiary/aromatic N) is 1. The van der Waals surface area contributed by atoms with Crippen molar-refractivity contribution in [2.45, 2.75) is 19.4 Å². The number of aliphatic hydroxyl groups is 1. The molecule has 0 aromatic carbocycles. The zero-order valence-corrected chi connectivity index (χ0v) is 8.53. The highest BCUT2D eigenvalue weighted by Gasteiger charge is 2.07. The van der Waals surface area contributed by atoms with Gasteiger partial charge in [-0.15, -0.1) is 0 Å². The van der Waals surface area contributed by atoms with E-state index >= 15 is 0 Å². The molecule has 1 aromatic rings. The van der Waals surface area contributed by atoms with Crippen LogP contribution in [0.15, 0.2) is 18.3 Å². The molecule has 14 heavy (non-hydrogen) atoms. The largest absolute Gasteiger partial charge is 0.494 e. The van der Waals surface area contributed by atoms with Crippen molar-refractivity contribution in [2.75, 3.05) is 7.11 Å². The first-order valence-electron chi connectivity index (χ1n) is 4.27. The average molecular weight is 191 g/mol. The van der Waals surface area contributed by atoms with Crippen molar-refractivity contribution in [1.82, 2.24) is 4.98 Å². The summed E-state index contributed by atoms with van der Waals surface area (Å²) in [6, 6.07) is 3.55. The van der Waals surface area contributed by atoms with E-state index in [-0.39, 0.29) is 0 Å². The lowest BCUT2D eigenvalue weighted by Gasteiger charge is -2.06. The van der Waals surface area contributed by atoms with Gasteiger partial charge in [-0.05, 0) is 31.9 Å². The molecule has 0 unspecified atom stereocenters. The molecule has 0 saturated carbocycles. The smallest absolute Gasteiger partial charge is 0.155 e. The Bertz CT molecular complexity index is 369. The zero-order valence-electron chi connectivity index (χ0n) is 8.53. The number of rotatable bonds is 1. The highest BCUT2D eigenvalue weighted by atomic mass is 16.5. The summed E-state index contributed by atoms with van der Waals surface area (Å²) >= 11 is 0. The lowest BCUT2D eigenvalue weighted by atomic mass is 10.1. The van der Waals surface area contributed by atoms with Gasteiger partial charge in [0.1, 0.15) is 5.60 Å². The van der Waals surface area contributed by atoms with Crippen LogP contribution in [0.4, 0.5) is 0 Å². The van der Waals surface area contributed by atoms with Crippen LogP contribution in [-0.2, 0) is 0 Å². The van der Waals surface area contributed by atoms with Gasteiger partial charge in [-0.3, -0.25) is 0 Å². The van der Waals surface area contributed by atoms with Crippen LogP contribution in [0.3, 0.4) is 0 Å². The molecule has 0 aliphatic rings. The van der Waals surface area contributed by atoms with Gasteiger partial charge >= 0.3 is 0 Å². The second-order valence-corrected chi connectivity index (χ2v) is 3.36. The summed E-state index contributed by atoms with van der Waals surface area (Å²) in [5.41, 5.74) is -0.472. The molecule has 0 amide bonds. The third-order valence-corrected chi connectivity index (χ3v) is 1.48. The number of pyridine rings is 1. The van der Waals surface area contributed by atoms with Crippen molar-refractivity contribution in [2.24, 2.45) is 0 Å². The maximum atomic E-state index is 9.40. The van der Waals surface area contributed by atoms with Gasteiger partial charge in [0.2, 0.25) is 0 Å². The molecule has 0 bridgehead atoms. The SMILES string of the molecule is COc1cccnc1C#CC(C)(C)O. The van der Waals surface area contributed by atoms with Gasteiger partial charge in [0.25, 0.3) is 0 Å². The Morgan fingerprint density at radius 3 is 2.79 bits per heavy atom.